The van der Waals surface area contributed by atoms with Gasteiger partial charge in [-0.3, -0.25) is 9.69 Å². The van der Waals surface area contributed by atoms with Gasteiger partial charge < -0.3 is 4.74 Å². The molecule has 0 bridgehead atoms. The van der Waals surface area contributed by atoms with E-state index < -0.39 is 0 Å². The highest BCUT2D eigenvalue weighted by Gasteiger charge is 2.34. The topological polar surface area (TPSA) is 29.5 Å². The van der Waals surface area contributed by atoms with Gasteiger partial charge >= 0.3 is 5.97 Å². The molecule has 0 aromatic heterocycles. The van der Waals surface area contributed by atoms with Gasteiger partial charge in [-0.15, -0.1) is 0 Å². The molecule has 0 radical (unpaired) electrons. The molecule has 1 unspecified atom stereocenters. The second-order valence-electron chi connectivity index (χ2n) is 5.16. The van der Waals surface area contributed by atoms with Gasteiger partial charge in [0.1, 0.15) is 6.04 Å². The molecule has 0 N–H and O–H groups in total. The maximum Gasteiger partial charge on any atom is 0.323 e. The van der Waals surface area contributed by atoms with E-state index in [9.17, 15) is 4.79 Å². The summed E-state index contributed by atoms with van der Waals surface area (Å²) in [5.74, 6) is 0.863. The summed E-state index contributed by atoms with van der Waals surface area (Å²) in [5.41, 5.74) is 0. The van der Waals surface area contributed by atoms with Crippen LogP contribution in [0.2, 0.25) is 0 Å². The quantitative estimate of drug-likeness (QED) is 0.687. The number of nitrogens with zero attached hydrogens (tertiary/aromatic N) is 1. The number of methoxy groups -OCH3 is 1. The fourth-order valence-electron chi connectivity index (χ4n) is 2.94. The van der Waals surface area contributed by atoms with Crippen molar-refractivity contribution in [3.05, 3.63) is 0 Å². The molecule has 1 atom stereocenters. The fraction of sp³-hybridized carbons (Fsp3) is 0.923. The van der Waals surface area contributed by atoms with Crippen LogP contribution in [0.3, 0.4) is 0 Å². The van der Waals surface area contributed by atoms with Crippen LogP contribution in [-0.4, -0.2) is 37.1 Å². The number of hydrogen-bond donors (Lipinski definition) is 0. The monoisotopic (exact) mass is 225 g/mol. The van der Waals surface area contributed by atoms with Crippen LogP contribution in [0.5, 0.6) is 0 Å². The Balaban J connectivity index is 1.67. The minimum atomic E-state index is -0.0464. The van der Waals surface area contributed by atoms with Crippen LogP contribution in [0, 0.1) is 5.92 Å². The van der Waals surface area contributed by atoms with E-state index in [-0.39, 0.29) is 12.0 Å². The minimum absolute atomic E-state index is 0.0464. The number of esters is 1. The van der Waals surface area contributed by atoms with E-state index in [1.165, 1.54) is 45.6 Å². The summed E-state index contributed by atoms with van der Waals surface area (Å²) in [6.45, 7) is 2.16. The predicted molar refractivity (Wildman–Crippen MR) is 63.2 cm³/mol. The SMILES string of the molecule is COC(=O)C1CCN1CCC1CCCCC1. The normalized spacial score (nSPS) is 27.4. The maximum atomic E-state index is 11.4. The smallest absolute Gasteiger partial charge is 0.323 e. The molecule has 92 valence electrons. The van der Waals surface area contributed by atoms with Crippen molar-refractivity contribution < 1.29 is 9.53 Å². The van der Waals surface area contributed by atoms with Crippen molar-refractivity contribution in [3.8, 4) is 0 Å². The summed E-state index contributed by atoms with van der Waals surface area (Å²) >= 11 is 0. The summed E-state index contributed by atoms with van der Waals surface area (Å²) in [6, 6.07) is 0.0635. The summed E-state index contributed by atoms with van der Waals surface area (Å²) in [4.78, 5) is 13.7. The van der Waals surface area contributed by atoms with Crippen molar-refractivity contribution in [1.82, 2.24) is 4.90 Å². The average molecular weight is 225 g/mol. The van der Waals surface area contributed by atoms with Gasteiger partial charge in [0.05, 0.1) is 7.11 Å². The Bertz CT molecular complexity index is 236. The van der Waals surface area contributed by atoms with Gasteiger partial charge in [0.25, 0.3) is 0 Å². The number of ether oxygens (including phenoxy) is 1. The molecule has 16 heavy (non-hydrogen) atoms. The van der Waals surface area contributed by atoms with Gasteiger partial charge in [-0.25, -0.2) is 0 Å². The van der Waals surface area contributed by atoms with Crippen molar-refractivity contribution in [2.24, 2.45) is 5.92 Å². The zero-order chi connectivity index (χ0) is 11.4. The van der Waals surface area contributed by atoms with Crippen LogP contribution in [0.25, 0.3) is 0 Å². The molecule has 0 spiro atoms. The standard InChI is InChI=1S/C13H23NO2/c1-16-13(15)12-8-10-14(12)9-7-11-5-3-2-4-6-11/h11-12H,2-10H2,1H3. The van der Waals surface area contributed by atoms with Gasteiger partial charge in [-0.2, -0.15) is 0 Å². The molecule has 0 amide bonds. The lowest BCUT2D eigenvalue weighted by molar-refractivity contribution is -0.152. The van der Waals surface area contributed by atoms with Crippen LogP contribution in [0.4, 0.5) is 0 Å². The Kier molecular flexibility index (Phi) is 4.22. The molecular weight excluding hydrogens is 202 g/mol. The van der Waals surface area contributed by atoms with Crippen molar-refractivity contribution >= 4 is 5.97 Å². The molecule has 0 aromatic carbocycles. The van der Waals surface area contributed by atoms with E-state index in [1.54, 1.807) is 0 Å². The second kappa shape index (κ2) is 5.67. The summed E-state index contributed by atoms with van der Waals surface area (Å²) in [7, 11) is 1.49. The molecule has 1 aliphatic carbocycles. The van der Waals surface area contributed by atoms with Crippen molar-refractivity contribution in [3.63, 3.8) is 0 Å². The van der Waals surface area contributed by atoms with E-state index in [0.29, 0.717) is 0 Å². The van der Waals surface area contributed by atoms with Crippen LogP contribution in [0.15, 0.2) is 0 Å². The first kappa shape index (κ1) is 11.9. The molecule has 1 heterocycles. The van der Waals surface area contributed by atoms with Gasteiger partial charge in [-0.1, -0.05) is 32.1 Å². The van der Waals surface area contributed by atoms with Crippen LogP contribution in [0.1, 0.15) is 44.9 Å². The molecule has 3 heteroatoms. The zero-order valence-electron chi connectivity index (χ0n) is 10.3. The van der Waals surface area contributed by atoms with Crippen molar-refractivity contribution in [1.29, 1.82) is 0 Å². The maximum absolute atomic E-state index is 11.4. The van der Waals surface area contributed by atoms with E-state index in [1.807, 2.05) is 0 Å². The third-order valence-corrected chi connectivity index (χ3v) is 4.15. The lowest BCUT2D eigenvalue weighted by Gasteiger charge is -2.39. The summed E-state index contributed by atoms with van der Waals surface area (Å²) < 4.78 is 4.80. The lowest BCUT2D eigenvalue weighted by atomic mass is 9.86. The third kappa shape index (κ3) is 2.76. The summed E-state index contributed by atoms with van der Waals surface area (Å²) in [6.07, 6.45) is 9.29. The van der Waals surface area contributed by atoms with Gasteiger partial charge in [0, 0.05) is 6.54 Å². The highest BCUT2D eigenvalue weighted by molar-refractivity contribution is 5.76. The molecular formula is C13H23NO2. The summed E-state index contributed by atoms with van der Waals surface area (Å²) in [5, 5.41) is 0. The predicted octanol–water partition coefficient (Wildman–Crippen LogP) is 2.20. The highest BCUT2D eigenvalue weighted by atomic mass is 16.5. The van der Waals surface area contributed by atoms with Crippen LogP contribution in [-0.2, 0) is 9.53 Å². The number of hydrogen-bond acceptors (Lipinski definition) is 3. The zero-order valence-corrected chi connectivity index (χ0v) is 10.3. The largest absolute Gasteiger partial charge is 0.468 e. The average Bonchev–Trinajstić information content (AvgIpc) is 2.29. The Morgan fingerprint density at radius 2 is 2.00 bits per heavy atom. The van der Waals surface area contributed by atoms with Gasteiger partial charge in [0.2, 0.25) is 0 Å². The molecule has 2 rings (SSSR count). The van der Waals surface area contributed by atoms with Crippen molar-refractivity contribution in [2.45, 2.75) is 51.0 Å². The minimum Gasteiger partial charge on any atom is -0.468 e. The van der Waals surface area contributed by atoms with Crippen LogP contribution < -0.4 is 0 Å². The molecule has 3 nitrogen and oxygen atoms in total. The van der Waals surface area contributed by atoms with Gasteiger partial charge in [-0.05, 0) is 25.3 Å². The first-order valence-electron chi connectivity index (χ1n) is 6.63. The Hall–Kier alpha value is -0.570. The molecule has 0 aromatic rings. The first-order valence-corrected chi connectivity index (χ1v) is 6.63. The van der Waals surface area contributed by atoms with Gasteiger partial charge in [0.15, 0.2) is 0 Å². The van der Waals surface area contributed by atoms with E-state index in [4.69, 9.17) is 4.74 Å². The fourth-order valence-corrected chi connectivity index (χ4v) is 2.94. The number of rotatable bonds is 4. The number of carbonyl (C=O) groups excluding carboxylic acids is 1. The molecule has 1 aliphatic heterocycles. The molecule has 1 saturated carbocycles. The number of likely N-dealkylation sites (tertiary alicyclic amines) is 1. The first-order chi connectivity index (χ1) is 7.81. The highest BCUT2D eigenvalue weighted by Crippen LogP contribution is 2.28. The van der Waals surface area contributed by atoms with Crippen LogP contribution >= 0.6 is 0 Å². The van der Waals surface area contributed by atoms with E-state index in [0.717, 1.165) is 25.4 Å². The molecule has 2 fully saturated rings. The molecule has 2 aliphatic rings. The Morgan fingerprint density at radius 1 is 1.25 bits per heavy atom. The molecule has 1 saturated heterocycles. The van der Waals surface area contributed by atoms with E-state index in [2.05, 4.69) is 4.90 Å². The second-order valence-corrected chi connectivity index (χ2v) is 5.16. The third-order valence-electron chi connectivity index (χ3n) is 4.15. The number of carbonyl (C=O) groups is 1. The van der Waals surface area contributed by atoms with E-state index >= 15 is 0 Å². The lowest BCUT2D eigenvalue weighted by Crippen LogP contribution is -2.53. The Morgan fingerprint density at radius 3 is 2.56 bits per heavy atom. The van der Waals surface area contributed by atoms with Crippen molar-refractivity contribution in [2.75, 3.05) is 20.2 Å². The Labute approximate surface area is 98.1 Å².